The van der Waals surface area contributed by atoms with E-state index in [1.165, 1.54) is 17.1 Å². The van der Waals surface area contributed by atoms with Crippen LogP contribution in [-0.2, 0) is 20.7 Å². The molecule has 0 bridgehead atoms. The van der Waals surface area contributed by atoms with Crippen molar-refractivity contribution in [2.75, 3.05) is 25.2 Å². The average molecular weight is 382 g/mol. The van der Waals surface area contributed by atoms with Gasteiger partial charge in [0.15, 0.2) is 6.17 Å². The minimum absolute atomic E-state index is 0.256. The van der Waals surface area contributed by atoms with Crippen LogP contribution in [0.4, 0.5) is 10.5 Å². The smallest absolute Gasteiger partial charge is 0.343 e. The average Bonchev–Trinajstić information content (AvgIpc) is 2.71. The predicted octanol–water partition coefficient (Wildman–Crippen LogP) is 1.29. The highest BCUT2D eigenvalue weighted by atomic mass is 16.5. The zero-order chi connectivity index (χ0) is 19.9. The lowest BCUT2D eigenvalue weighted by atomic mass is 10.1. The summed E-state index contributed by atoms with van der Waals surface area (Å²) in [5.41, 5.74) is 1.65. The number of hydrogen-bond acceptors (Lipinski definition) is 6. The molecule has 1 saturated heterocycles. The maximum absolute atomic E-state index is 12.5. The lowest BCUT2D eigenvalue weighted by molar-refractivity contribution is -0.144. The molecule has 2 N–H and O–H groups in total. The third-order valence-corrected chi connectivity index (χ3v) is 4.34. The quantitative estimate of drug-likeness (QED) is 0.702. The molecule has 1 aliphatic heterocycles. The summed E-state index contributed by atoms with van der Waals surface area (Å²) in [6, 6.07) is 18.0. The van der Waals surface area contributed by atoms with E-state index in [-0.39, 0.29) is 6.54 Å². The van der Waals surface area contributed by atoms with Gasteiger partial charge in [-0.1, -0.05) is 48.5 Å². The van der Waals surface area contributed by atoms with Gasteiger partial charge in [0.25, 0.3) is 5.91 Å². The molecular weight excluding hydrogens is 360 g/mol. The Bertz CT molecular complexity index is 829. The van der Waals surface area contributed by atoms with Gasteiger partial charge in [0.1, 0.15) is 6.54 Å². The van der Waals surface area contributed by atoms with Crippen LogP contribution >= 0.6 is 0 Å². The number of ether oxygens (including phenoxy) is 1. The van der Waals surface area contributed by atoms with E-state index in [1.807, 2.05) is 36.4 Å². The van der Waals surface area contributed by atoms with Gasteiger partial charge in [-0.05, 0) is 24.1 Å². The molecule has 8 heteroatoms. The Kier molecular flexibility index (Phi) is 6.36. The highest BCUT2D eigenvalue weighted by Crippen LogP contribution is 2.20. The Morgan fingerprint density at radius 2 is 1.71 bits per heavy atom. The topological polar surface area (TPSA) is 91.0 Å². The zero-order valence-electron chi connectivity index (χ0n) is 15.5. The normalized spacial score (nSPS) is 17.3. The van der Waals surface area contributed by atoms with E-state index >= 15 is 0 Å². The largest absolute Gasteiger partial charge is 0.468 e. The Labute approximate surface area is 163 Å². The Hall–Kier alpha value is -3.23. The number of carbonyl (C=O) groups is 3. The standard InChI is InChI=1S/C20H22N4O4/c1-28-17(25)14-23-18(21-13-12-15-8-4-2-5-9-15)19(26)22-20(27)24(23)16-10-6-3-7-11-16/h2-11,18,21H,12-14H2,1H3,(H,22,26,27). The van der Waals surface area contributed by atoms with Gasteiger partial charge in [0.2, 0.25) is 0 Å². The molecule has 0 aromatic heterocycles. The fraction of sp³-hybridized carbons (Fsp3) is 0.250. The maximum Gasteiger partial charge on any atom is 0.343 e. The molecule has 1 fully saturated rings. The number of rotatable bonds is 7. The fourth-order valence-corrected chi connectivity index (χ4v) is 2.98. The predicted molar refractivity (Wildman–Crippen MR) is 103 cm³/mol. The monoisotopic (exact) mass is 382 g/mol. The summed E-state index contributed by atoms with van der Waals surface area (Å²) in [5, 5.41) is 8.13. The molecular formula is C20H22N4O4. The first-order valence-electron chi connectivity index (χ1n) is 8.91. The van der Waals surface area contributed by atoms with E-state index in [2.05, 4.69) is 10.6 Å². The van der Waals surface area contributed by atoms with Crippen molar-refractivity contribution < 1.29 is 19.1 Å². The molecule has 0 aliphatic carbocycles. The number of hydrogen-bond donors (Lipinski definition) is 2. The number of urea groups is 1. The summed E-state index contributed by atoms with van der Waals surface area (Å²) < 4.78 is 4.75. The number of esters is 1. The maximum atomic E-state index is 12.5. The second-order valence-corrected chi connectivity index (χ2v) is 6.21. The molecule has 3 rings (SSSR count). The van der Waals surface area contributed by atoms with Crippen LogP contribution in [0.3, 0.4) is 0 Å². The van der Waals surface area contributed by atoms with Crippen molar-refractivity contribution in [2.45, 2.75) is 12.6 Å². The van der Waals surface area contributed by atoms with Gasteiger partial charge in [-0.15, -0.1) is 0 Å². The molecule has 0 radical (unpaired) electrons. The molecule has 2 aromatic rings. The van der Waals surface area contributed by atoms with Gasteiger partial charge in [-0.25, -0.2) is 9.80 Å². The van der Waals surface area contributed by atoms with Crippen molar-refractivity contribution in [1.29, 1.82) is 0 Å². The lowest BCUT2D eigenvalue weighted by Crippen LogP contribution is -2.71. The van der Waals surface area contributed by atoms with Crippen LogP contribution in [0.25, 0.3) is 0 Å². The van der Waals surface area contributed by atoms with Gasteiger partial charge in [-0.3, -0.25) is 20.2 Å². The molecule has 0 saturated carbocycles. The summed E-state index contributed by atoms with van der Waals surface area (Å²) in [6.07, 6.45) is -0.212. The molecule has 2 aromatic carbocycles. The van der Waals surface area contributed by atoms with Crippen LogP contribution in [0.5, 0.6) is 0 Å². The van der Waals surface area contributed by atoms with Gasteiger partial charge >= 0.3 is 12.0 Å². The first-order chi connectivity index (χ1) is 13.6. The van der Waals surface area contributed by atoms with E-state index in [0.29, 0.717) is 18.7 Å². The first-order valence-corrected chi connectivity index (χ1v) is 8.91. The number of imide groups is 1. The van der Waals surface area contributed by atoms with Crippen LogP contribution in [-0.4, -0.2) is 49.3 Å². The number of benzene rings is 2. The Morgan fingerprint density at radius 3 is 2.36 bits per heavy atom. The van der Waals surface area contributed by atoms with Gasteiger partial charge < -0.3 is 4.74 Å². The van der Waals surface area contributed by atoms with Crippen LogP contribution in [0.15, 0.2) is 60.7 Å². The lowest BCUT2D eigenvalue weighted by Gasteiger charge is -2.42. The number of para-hydroxylation sites is 1. The SMILES string of the molecule is COC(=O)CN1C(NCCc2ccccc2)C(=O)NC(=O)N1c1ccccc1. The summed E-state index contributed by atoms with van der Waals surface area (Å²) in [4.78, 5) is 36.9. The highest BCUT2D eigenvalue weighted by Gasteiger charge is 2.41. The molecule has 28 heavy (non-hydrogen) atoms. The number of methoxy groups -OCH3 is 1. The van der Waals surface area contributed by atoms with Crippen LogP contribution in [0.1, 0.15) is 5.56 Å². The minimum Gasteiger partial charge on any atom is -0.468 e. The van der Waals surface area contributed by atoms with E-state index in [0.717, 1.165) is 5.56 Å². The number of amides is 3. The van der Waals surface area contributed by atoms with E-state index in [4.69, 9.17) is 4.74 Å². The second-order valence-electron chi connectivity index (χ2n) is 6.21. The first kappa shape index (κ1) is 19.5. The Balaban J connectivity index is 1.81. The number of nitrogens with zero attached hydrogens (tertiary/aromatic N) is 2. The molecule has 8 nitrogen and oxygen atoms in total. The number of anilines is 1. The summed E-state index contributed by atoms with van der Waals surface area (Å²) in [6.45, 7) is 0.226. The van der Waals surface area contributed by atoms with Crippen molar-refractivity contribution in [3.63, 3.8) is 0 Å². The zero-order valence-corrected chi connectivity index (χ0v) is 15.5. The van der Waals surface area contributed by atoms with E-state index in [9.17, 15) is 14.4 Å². The van der Waals surface area contributed by atoms with Crippen molar-refractivity contribution in [3.8, 4) is 0 Å². The van der Waals surface area contributed by atoms with E-state index < -0.39 is 24.1 Å². The molecule has 0 spiro atoms. The molecule has 146 valence electrons. The van der Waals surface area contributed by atoms with Crippen molar-refractivity contribution in [1.82, 2.24) is 15.6 Å². The van der Waals surface area contributed by atoms with Crippen LogP contribution < -0.4 is 15.6 Å². The molecule has 1 heterocycles. The van der Waals surface area contributed by atoms with Crippen molar-refractivity contribution in [2.24, 2.45) is 0 Å². The van der Waals surface area contributed by atoms with Crippen LogP contribution in [0, 0.1) is 0 Å². The number of nitrogens with one attached hydrogen (secondary N) is 2. The number of carbonyl (C=O) groups excluding carboxylic acids is 3. The summed E-state index contributed by atoms with van der Waals surface area (Å²) >= 11 is 0. The van der Waals surface area contributed by atoms with Gasteiger partial charge in [0.05, 0.1) is 12.8 Å². The minimum atomic E-state index is -0.902. The van der Waals surface area contributed by atoms with Crippen molar-refractivity contribution >= 4 is 23.6 Å². The molecule has 1 unspecified atom stereocenters. The third kappa shape index (κ3) is 4.54. The molecule has 1 aliphatic rings. The summed E-state index contributed by atoms with van der Waals surface area (Å²) in [7, 11) is 1.26. The Morgan fingerprint density at radius 1 is 1.07 bits per heavy atom. The third-order valence-electron chi connectivity index (χ3n) is 4.34. The van der Waals surface area contributed by atoms with Gasteiger partial charge in [0, 0.05) is 6.54 Å². The summed E-state index contributed by atoms with van der Waals surface area (Å²) in [5.74, 6) is -1.08. The van der Waals surface area contributed by atoms with E-state index in [1.54, 1.807) is 24.3 Å². The van der Waals surface area contributed by atoms with Crippen molar-refractivity contribution in [3.05, 3.63) is 66.2 Å². The van der Waals surface area contributed by atoms with Gasteiger partial charge in [-0.2, -0.15) is 5.01 Å². The fourth-order valence-electron chi connectivity index (χ4n) is 2.98. The highest BCUT2D eigenvalue weighted by molar-refractivity contribution is 6.06. The molecule has 3 amide bonds. The molecule has 1 atom stereocenters. The number of hydrazine groups is 1. The van der Waals surface area contributed by atoms with Crippen LogP contribution in [0.2, 0.25) is 0 Å². The second kappa shape index (κ2) is 9.12.